The molecule has 1 aliphatic carbocycles. The van der Waals surface area contributed by atoms with E-state index in [0.717, 1.165) is 12.5 Å². The molecule has 3 heteroatoms. The Morgan fingerprint density at radius 1 is 1.50 bits per heavy atom. The lowest BCUT2D eigenvalue weighted by molar-refractivity contribution is 0.512. The van der Waals surface area contributed by atoms with Crippen molar-refractivity contribution in [3.63, 3.8) is 0 Å². The second-order valence-electron chi connectivity index (χ2n) is 3.81. The van der Waals surface area contributed by atoms with E-state index in [9.17, 15) is 0 Å². The molecule has 0 bridgehead atoms. The van der Waals surface area contributed by atoms with Gasteiger partial charge < -0.3 is 10.6 Å². The summed E-state index contributed by atoms with van der Waals surface area (Å²) in [6.45, 7) is 3.38. The lowest BCUT2D eigenvalue weighted by atomic mass is 10.1. The fourth-order valence-electron chi connectivity index (χ4n) is 1.23. The zero-order chi connectivity index (χ0) is 9.03. The molecule has 0 unspecified atom stereocenters. The van der Waals surface area contributed by atoms with Crippen LogP contribution in [-0.4, -0.2) is 26.6 Å². The molecule has 0 aromatic heterocycles. The molecule has 0 heterocycles. The third-order valence-electron chi connectivity index (χ3n) is 2.58. The summed E-state index contributed by atoms with van der Waals surface area (Å²) in [5.74, 6) is 0.888. The van der Waals surface area contributed by atoms with E-state index in [1.807, 2.05) is 7.05 Å². The molecular weight excluding hydrogens is 150 g/mol. The average Bonchev–Trinajstić information content (AvgIpc) is 2.78. The Balaban J connectivity index is 2.09. The van der Waals surface area contributed by atoms with Gasteiger partial charge in [0.2, 0.25) is 0 Å². The van der Waals surface area contributed by atoms with Crippen molar-refractivity contribution in [3.8, 4) is 0 Å². The van der Waals surface area contributed by atoms with Crippen LogP contribution in [0.2, 0.25) is 0 Å². The van der Waals surface area contributed by atoms with Gasteiger partial charge in [-0.2, -0.15) is 0 Å². The zero-order valence-electron chi connectivity index (χ0n) is 8.28. The number of nitrogens with one attached hydrogen (secondary N) is 2. The Morgan fingerprint density at radius 3 is 2.58 bits per heavy atom. The van der Waals surface area contributed by atoms with Crippen molar-refractivity contribution in [1.29, 1.82) is 0 Å². The van der Waals surface area contributed by atoms with Gasteiger partial charge in [0.05, 0.1) is 0 Å². The van der Waals surface area contributed by atoms with Crippen molar-refractivity contribution in [2.24, 2.45) is 10.4 Å². The molecule has 0 aliphatic heterocycles. The highest BCUT2D eigenvalue weighted by Crippen LogP contribution is 2.47. The molecule has 3 nitrogen and oxygen atoms in total. The Hall–Kier alpha value is -0.730. The van der Waals surface area contributed by atoms with Crippen LogP contribution in [0.4, 0.5) is 0 Å². The fraction of sp³-hybridized carbons (Fsp3) is 0.889. The van der Waals surface area contributed by atoms with Gasteiger partial charge in [-0.05, 0) is 24.7 Å². The maximum atomic E-state index is 4.04. The van der Waals surface area contributed by atoms with E-state index in [-0.39, 0.29) is 0 Å². The number of aliphatic imine (C=N–C) groups is 1. The Kier molecular flexibility index (Phi) is 2.95. The van der Waals surface area contributed by atoms with Crippen LogP contribution < -0.4 is 10.6 Å². The lowest BCUT2D eigenvalue weighted by Gasteiger charge is -2.11. The second kappa shape index (κ2) is 3.78. The summed E-state index contributed by atoms with van der Waals surface area (Å²) in [6, 6.07) is 0. The monoisotopic (exact) mass is 169 g/mol. The normalized spacial score (nSPS) is 20.4. The van der Waals surface area contributed by atoms with E-state index in [2.05, 4.69) is 22.5 Å². The lowest BCUT2D eigenvalue weighted by Crippen LogP contribution is -2.35. The van der Waals surface area contributed by atoms with Gasteiger partial charge in [0, 0.05) is 20.6 Å². The van der Waals surface area contributed by atoms with Gasteiger partial charge in [-0.3, -0.25) is 4.99 Å². The summed E-state index contributed by atoms with van der Waals surface area (Å²) in [5.41, 5.74) is 0.638. The average molecular weight is 169 g/mol. The molecule has 0 radical (unpaired) electrons. The first kappa shape index (κ1) is 9.36. The molecule has 1 rings (SSSR count). The van der Waals surface area contributed by atoms with Gasteiger partial charge in [0.25, 0.3) is 0 Å². The molecular formula is C9H19N3. The summed E-state index contributed by atoms with van der Waals surface area (Å²) in [6.07, 6.45) is 4.05. The SMILES string of the molecule is CN=C(NC)NCCC1(C)CC1. The molecule has 1 saturated carbocycles. The van der Waals surface area contributed by atoms with E-state index in [1.165, 1.54) is 19.3 Å². The fourth-order valence-corrected chi connectivity index (χ4v) is 1.23. The first-order valence-corrected chi connectivity index (χ1v) is 4.59. The first-order valence-electron chi connectivity index (χ1n) is 4.59. The molecule has 1 fully saturated rings. The van der Waals surface area contributed by atoms with E-state index in [4.69, 9.17) is 0 Å². The van der Waals surface area contributed by atoms with Crippen molar-refractivity contribution in [2.75, 3.05) is 20.6 Å². The summed E-state index contributed by atoms with van der Waals surface area (Å²) in [7, 11) is 3.67. The van der Waals surface area contributed by atoms with Crippen LogP contribution in [0, 0.1) is 5.41 Å². The number of guanidine groups is 1. The molecule has 2 N–H and O–H groups in total. The molecule has 70 valence electrons. The molecule has 0 aromatic carbocycles. The maximum absolute atomic E-state index is 4.04. The Bertz CT molecular complexity index is 171. The van der Waals surface area contributed by atoms with Gasteiger partial charge >= 0.3 is 0 Å². The molecule has 0 saturated heterocycles. The quantitative estimate of drug-likeness (QED) is 0.488. The van der Waals surface area contributed by atoms with Gasteiger partial charge in [-0.1, -0.05) is 6.92 Å². The van der Waals surface area contributed by atoms with Gasteiger partial charge in [-0.25, -0.2) is 0 Å². The summed E-state index contributed by atoms with van der Waals surface area (Å²) >= 11 is 0. The molecule has 12 heavy (non-hydrogen) atoms. The van der Waals surface area contributed by atoms with Crippen LogP contribution >= 0.6 is 0 Å². The zero-order valence-corrected chi connectivity index (χ0v) is 8.28. The van der Waals surface area contributed by atoms with E-state index < -0.39 is 0 Å². The van der Waals surface area contributed by atoms with E-state index in [1.54, 1.807) is 7.05 Å². The van der Waals surface area contributed by atoms with Crippen molar-refractivity contribution in [2.45, 2.75) is 26.2 Å². The van der Waals surface area contributed by atoms with Gasteiger partial charge in [0.1, 0.15) is 0 Å². The second-order valence-corrected chi connectivity index (χ2v) is 3.81. The predicted octanol–water partition coefficient (Wildman–Crippen LogP) is 0.971. The summed E-state index contributed by atoms with van der Waals surface area (Å²) in [5, 5.41) is 6.25. The smallest absolute Gasteiger partial charge is 0.190 e. The highest BCUT2D eigenvalue weighted by atomic mass is 15.1. The van der Waals surface area contributed by atoms with Gasteiger partial charge in [0.15, 0.2) is 5.96 Å². The maximum Gasteiger partial charge on any atom is 0.190 e. The summed E-state index contributed by atoms with van der Waals surface area (Å²) in [4.78, 5) is 4.04. The Morgan fingerprint density at radius 2 is 2.17 bits per heavy atom. The van der Waals surface area contributed by atoms with Gasteiger partial charge in [-0.15, -0.1) is 0 Å². The minimum absolute atomic E-state index is 0.638. The number of hydrogen-bond donors (Lipinski definition) is 2. The highest BCUT2D eigenvalue weighted by molar-refractivity contribution is 5.79. The van der Waals surface area contributed by atoms with E-state index >= 15 is 0 Å². The third-order valence-corrected chi connectivity index (χ3v) is 2.58. The minimum atomic E-state index is 0.638. The van der Waals surface area contributed by atoms with Crippen LogP contribution in [0.3, 0.4) is 0 Å². The largest absolute Gasteiger partial charge is 0.359 e. The van der Waals surface area contributed by atoms with Crippen LogP contribution in [-0.2, 0) is 0 Å². The van der Waals surface area contributed by atoms with Crippen LogP contribution in [0.15, 0.2) is 4.99 Å². The van der Waals surface area contributed by atoms with Crippen LogP contribution in [0.5, 0.6) is 0 Å². The summed E-state index contributed by atoms with van der Waals surface area (Å²) < 4.78 is 0. The number of nitrogens with zero attached hydrogens (tertiary/aromatic N) is 1. The van der Waals surface area contributed by atoms with Crippen molar-refractivity contribution in [1.82, 2.24) is 10.6 Å². The van der Waals surface area contributed by atoms with Crippen molar-refractivity contribution < 1.29 is 0 Å². The number of rotatable bonds is 3. The third kappa shape index (κ3) is 2.72. The van der Waals surface area contributed by atoms with Crippen LogP contribution in [0.25, 0.3) is 0 Å². The van der Waals surface area contributed by atoms with Crippen molar-refractivity contribution >= 4 is 5.96 Å². The standard InChI is InChI=1S/C9H19N3/c1-9(4-5-9)6-7-12-8(10-2)11-3/h4-7H2,1-3H3,(H2,10,11,12). The molecule has 1 aliphatic rings. The molecule has 0 spiro atoms. The molecule has 0 amide bonds. The predicted molar refractivity (Wildman–Crippen MR) is 52.4 cm³/mol. The Labute approximate surface area is 74.6 Å². The highest BCUT2D eigenvalue weighted by Gasteiger charge is 2.36. The first-order chi connectivity index (χ1) is 5.70. The topological polar surface area (TPSA) is 36.4 Å². The molecule has 0 atom stereocenters. The van der Waals surface area contributed by atoms with Crippen molar-refractivity contribution in [3.05, 3.63) is 0 Å². The number of hydrogen-bond acceptors (Lipinski definition) is 1. The van der Waals surface area contributed by atoms with Crippen LogP contribution in [0.1, 0.15) is 26.2 Å². The van der Waals surface area contributed by atoms with E-state index in [0.29, 0.717) is 5.41 Å². The minimum Gasteiger partial charge on any atom is -0.359 e. The molecule has 0 aromatic rings.